The maximum atomic E-state index is 4.52. The van der Waals surface area contributed by atoms with Crippen molar-refractivity contribution in [2.75, 3.05) is 0 Å². The second-order valence-electron chi connectivity index (χ2n) is 14.1. The van der Waals surface area contributed by atoms with Crippen molar-refractivity contribution in [1.82, 2.24) is 0 Å². The Hall–Kier alpha value is -0.520. The fourth-order valence-corrected chi connectivity index (χ4v) is 11.1. The molecule has 0 amide bonds. The highest BCUT2D eigenvalue weighted by molar-refractivity contribution is 5.23. The molecule has 0 spiro atoms. The van der Waals surface area contributed by atoms with E-state index in [1.807, 2.05) is 0 Å². The van der Waals surface area contributed by atoms with E-state index in [2.05, 4.69) is 60.3 Å². The predicted octanol–water partition coefficient (Wildman–Crippen LogP) is 9.22. The summed E-state index contributed by atoms with van der Waals surface area (Å²) in [7, 11) is 0. The Labute approximate surface area is 193 Å². The van der Waals surface area contributed by atoms with Gasteiger partial charge in [0.25, 0.3) is 0 Å². The van der Waals surface area contributed by atoms with Crippen molar-refractivity contribution < 1.29 is 0 Å². The van der Waals surface area contributed by atoms with Crippen LogP contribution in [0.5, 0.6) is 0 Å². The number of allylic oxidation sites excluding steroid dienone is 3. The molecule has 9 atom stereocenters. The van der Waals surface area contributed by atoms with Gasteiger partial charge in [0, 0.05) is 0 Å². The molecule has 174 valence electrons. The van der Waals surface area contributed by atoms with E-state index in [-0.39, 0.29) is 0 Å². The Morgan fingerprint density at radius 1 is 0.774 bits per heavy atom. The summed E-state index contributed by atoms with van der Waals surface area (Å²) in [4.78, 5) is 0. The molecule has 0 aliphatic heterocycles. The molecule has 5 saturated carbocycles. The third-order valence-corrected chi connectivity index (χ3v) is 12.8. The summed E-state index contributed by atoms with van der Waals surface area (Å²) < 4.78 is 0. The van der Waals surface area contributed by atoms with Crippen molar-refractivity contribution in [1.29, 1.82) is 0 Å². The van der Waals surface area contributed by atoms with Gasteiger partial charge in [-0.15, -0.1) is 0 Å². The van der Waals surface area contributed by atoms with Crippen LogP contribution in [-0.2, 0) is 0 Å². The monoisotopic (exact) mass is 422 g/mol. The van der Waals surface area contributed by atoms with Gasteiger partial charge in [0.05, 0.1) is 0 Å². The van der Waals surface area contributed by atoms with Crippen LogP contribution in [0.3, 0.4) is 0 Å². The second-order valence-corrected chi connectivity index (χ2v) is 14.1. The summed E-state index contributed by atoms with van der Waals surface area (Å²) >= 11 is 0. The van der Waals surface area contributed by atoms with Crippen molar-refractivity contribution in [3.8, 4) is 0 Å². The molecular formula is C31H50. The van der Waals surface area contributed by atoms with Crippen LogP contribution in [-0.4, -0.2) is 0 Å². The van der Waals surface area contributed by atoms with E-state index in [1.54, 1.807) is 0 Å². The van der Waals surface area contributed by atoms with Gasteiger partial charge >= 0.3 is 0 Å². The average Bonchev–Trinajstić information content (AvgIpc) is 3.08. The third kappa shape index (κ3) is 2.91. The predicted molar refractivity (Wildman–Crippen MR) is 134 cm³/mol. The lowest BCUT2D eigenvalue weighted by Crippen LogP contribution is -2.62. The zero-order valence-corrected chi connectivity index (χ0v) is 21.6. The van der Waals surface area contributed by atoms with Gasteiger partial charge in [-0.2, -0.15) is 0 Å². The van der Waals surface area contributed by atoms with Gasteiger partial charge in [0.15, 0.2) is 0 Å². The first-order chi connectivity index (χ1) is 14.6. The normalized spacial score (nSPS) is 53.4. The van der Waals surface area contributed by atoms with Crippen LogP contribution < -0.4 is 0 Å². The second kappa shape index (κ2) is 7.24. The highest BCUT2D eigenvalue weighted by Crippen LogP contribution is 2.75. The van der Waals surface area contributed by atoms with E-state index in [1.165, 1.54) is 76.2 Å². The molecule has 5 rings (SSSR count). The van der Waals surface area contributed by atoms with Gasteiger partial charge in [0.1, 0.15) is 0 Å². The molecule has 0 aromatic carbocycles. The Kier molecular flexibility index (Phi) is 5.20. The first kappa shape index (κ1) is 22.3. The average molecular weight is 423 g/mol. The van der Waals surface area contributed by atoms with E-state index in [9.17, 15) is 0 Å². The van der Waals surface area contributed by atoms with Crippen LogP contribution in [0.15, 0.2) is 24.3 Å². The maximum absolute atomic E-state index is 4.52. The summed E-state index contributed by atoms with van der Waals surface area (Å²) in [6.07, 6.45) is 21.2. The molecule has 9 unspecified atom stereocenters. The Morgan fingerprint density at radius 2 is 1.48 bits per heavy atom. The number of hydrogen-bond donors (Lipinski definition) is 0. The van der Waals surface area contributed by atoms with Crippen molar-refractivity contribution >= 4 is 0 Å². The van der Waals surface area contributed by atoms with Crippen molar-refractivity contribution in [2.24, 2.45) is 57.2 Å². The highest BCUT2D eigenvalue weighted by atomic mass is 14.7. The molecule has 5 fully saturated rings. The SMILES string of the molecule is C=C(C)C1CCC2(C=CC)CCC3(C)C(CCC4C5CCCC(C)(C)C5CCC43C)C12. The van der Waals surface area contributed by atoms with E-state index in [0.29, 0.717) is 21.7 Å². The molecule has 0 aromatic heterocycles. The Balaban J connectivity index is 1.53. The summed E-state index contributed by atoms with van der Waals surface area (Å²) in [6, 6.07) is 0. The van der Waals surface area contributed by atoms with Gasteiger partial charge in [-0.05, 0) is 135 Å². The zero-order chi connectivity index (χ0) is 22.2. The first-order valence-electron chi connectivity index (χ1n) is 13.9. The molecule has 5 aliphatic carbocycles. The molecule has 31 heavy (non-hydrogen) atoms. The molecular weight excluding hydrogens is 372 g/mol. The molecule has 5 aliphatic rings. The fourth-order valence-electron chi connectivity index (χ4n) is 11.1. The third-order valence-electron chi connectivity index (χ3n) is 12.8. The summed E-state index contributed by atoms with van der Waals surface area (Å²) in [5, 5.41) is 0. The van der Waals surface area contributed by atoms with E-state index in [4.69, 9.17) is 0 Å². The standard InChI is InChI=1S/C31H50/c1-8-15-31-18-13-22(21(2)3)27(31)26-12-11-25-23-10-9-16-28(4,5)24(23)14-17-29(25,6)30(26,7)19-20-31/h8,15,22-27H,2,9-14,16-20H2,1,3-7H3. The van der Waals surface area contributed by atoms with Crippen molar-refractivity contribution in [3.63, 3.8) is 0 Å². The molecule has 0 nitrogen and oxygen atoms in total. The van der Waals surface area contributed by atoms with E-state index in [0.717, 1.165) is 35.5 Å². The highest BCUT2D eigenvalue weighted by Gasteiger charge is 2.67. The summed E-state index contributed by atoms with van der Waals surface area (Å²) in [5.74, 6) is 5.47. The molecule has 0 aromatic rings. The zero-order valence-electron chi connectivity index (χ0n) is 21.6. The van der Waals surface area contributed by atoms with Gasteiger partial charge in [0.2, 0.25) is 0 Å². The van der Waals surface area contributed by atoms with Gasteiger partial charge in [-0.25, -0.2) is 0 Å². The topological polar surface area (TPSA) is 0 Å². The Bertz CT molecular complexity index is 756. The van der Waals surface area contributed by atoms with Gasteiger partial charge in [-0.3, -0.25) is 0 Å². The molecule has 0 heterocycles. The van der Waals surface area contributed by atoms with Crippen LogP contribution in [0.4, 0.5) is 0 Å². The minimum Gasteiger partial charge on any atom is -0.0998 e. The molecule has 0 heteroatoms. The number of fused-ring (bicyclic) bond motifs is 7. The van der Waals surface area contributed by atoms with Gasteiger partial charge < -0.3 is 0 Å². The van der Waals surface area contributed by atoms with Crippen LogP contribution in [0, 0.1) is 57.2 Å². The lowest BCUT2D eigenvalue weighted by molar-refractivity contribution is -0.204. The van der Waals surface area contributed by atoms with E-state index < -0.39 is 0 Å². The van der Waals surface area contributed by atoms with Crippen molar-refractivity contribution in [2.45, 2.75) is 112 Å². The van der Waals surface area contributed by atoms with Crippen LogP contribution >= 0.6 is 0 Å². The molecule has 0 N–H and O–H groups in total. The number of hydrogen-bond acceptors (Lipinski definition) is 0. The lowest BCUT2D eigenvalue weighted by atomic mass is 9.35. The smallest absolute Gasteiger partial charge is 0.00811 e. The molecule has 0 radical (unpaired) electrons. The summed E-state index contributed by atoms with van der Waals surface area (Å²) in [5.41, 5.74) is 3.60. The minimum atomic E-state index is 0.468. The minimum absolute atomic E-state index is 0.468. The number of rotatable bonds is 2. The van der Waals surface area contributed by atoms with E-state index >= 15 is 0 Å². The van der Waals surface area contributed by atoms with Crippen LogP contribution in [0.2, 0.25) is 0 Å². The van der Waals surface area contributed by atoms with Crippen LogP contribution in [0.25, 0.3) is 0 Å². The van der Waals surface area contributed by atoms with Gasteiger partial charge in [-0.1, -0.05) is 58.4 Å². The largest absolute Gasteiger partial charge is 0.0998 e. The lowest BCUT2D eigenvalue weighted by Gasteiger charge is -2.70. The molecule has 0 saturated heterocycles. The van der Waals surface area contributed by atoms with Crippen LogP contribution in [0.1, 0.15) is 112 Å². The fraction of sp³-hybridized carbons (Fsp3) is 0.871. The maximum Gasteiger partial charge on any atom is -0.00811 e. The van der Waals surface area contributed by atoms with Crippen molar-refractivity contribution in [3.05, 3.63) is 24.3 Å². The molecule has 0 bridgehead atoms. The Morgan fingerprint density at radius 3 is 2.19 bits per heavy atom. The summed E-state index contributed by atoms with van der Waals surface area (Å²) in [6.45, 7) is 19.9. The quantitative estimate of drug-likeness (QED) is 0.389. The first-order valence-corrected chi connectivity index (χ1v) is 13.9.